The van der Waals surface area contributed by atoms with E-state index in [0.29, 0.717) is 23.8 Å². The summed E-state index contributed by atoms with van der Waals surface area (Å²) in [6, 6.07) is 18.5. The molecule has 0 saturated heterocycles. The second-order valence-electron chi connectivity index (χ2n) is 7.99. The van der Waals surface area contributed by atoms with E-state index in [1.165, 1.54) is 29.5 Å². The summed E-state index contributed by atoms with van der Waals surface area (Å²) in [6.45, 7) is 0.652. The van der Waals surface area contributed by atoms with Gasteiger partial charge in [0.2, 0.25) is 5.91 Å². The molecule has 1 amide bonds. The van der Waals surface area contributed by atoms with Gasteiger partial charge in [0.1, 0.15) is 5.82 Å². The molecule has 0 spiro atoms. The summed E-state index contributed by atoms with van der Waals surface area (Å²) in [4.78, 5) is 12.5. The Morgan fingerprint density at radius 2 is 1.74 bits per heavy atom. The maximum Gasteiger partial charge on any atom is 0.416 e. The van der Waals surface area contributed by atoms with Gasteiger partial charge in [0, 0.05) is 37.6 Å². The molecule has 10 heteroatoms. The van der Waals surface area contributed by atoms with Crippen molar-refractivity contribution in [2.75, 3.05) is 11.1 Å². The zero-order valence-electron chi connectivity index (χ0n) is 19.0. The summed E-state index contributed by atoms with van der Waals surface area (Å²) in [6.07, 6.45) is -1.06. The number of aryl methyl sites for hydroxylation is 2. The van der Waals surface area contributed by atoms with Gasteiger partial charge in [-0.2, -0.15) is 13.2 Å². The molecule has 4 rings (SSSR count). The molecule has 2 heterocycles. The van der Waals surface area contributed by atoms with Crippen LogP contribution in [0.5, 0.6) is 0 Å². The van der Waals surface area contributed by atoms with Crippen LogP contribution in [-0.4, -0.2) is 31.0 Å². The first kappa shape index (κ1) is 24.6. The van der Waals surface area contributed by atoms with Crippen LogP contribution in [0.3, 0.4) is 0 Å². The highest BCUT2D eigenvalue weighted by Crippen LogP contribution is 2.30. The molecular weight excluding hydrogens is 475 g/mol. The summed E-state index contributed by atoms with van der Waals surface area (Å²) in [5.74, 6) is 0.513. The average Bonchev–Trinajstić information content (AvgIpc) is 3.42. The predicted octanol–water partition coefficient (Wildman–Crippen LogP) is 5.20. The number of alkyl halides is 3. The lowest BCUT2D eigenvalue weighted by molar-refractivity contribution is -0.137. The molecule has 35 heavy (non-hydrogen) atoms. The van der Waals surface area contributed by atoms with Crippen molar-refractivity contribution in [3.8, 4) is 0 Å². The number of nitrogens with zero attached hydrogens (tertiary/aromatic N) is 4. The molecule has 0 aliphatic carbocycles. The molecule has 0 aliphatic heterocycles. The molecule has 6 nitrogen and oxygen atoms in total. The maximum atomic E-state index is 12.7. The molecule has 2 aromatic carbocycles. The molecule has 0 radical (unpaired) electrons. The highest BCUT2D eigenvalue weighted by atomic mass is 32.2. The van der Waals surface area contributed by atoms with Gasteiger partial charge in [-0.05, 0) is 48.4 Å². The Morgan fingerprint density at radius 1 is 1.00 bits per heavy atom. The number of carbonyl (C=O) groups is 1. The second-order valence-corrected chi connectivity index (χ2v) is 8.93. The van der Waals surface area contributed by atoms with Crippen molar-refractivity contribution in [1.29, 1.82) is 0 Å². The third kappa shape index (κ3) is 6.54. The quantitative estimate of drug-likeness (QED) is 0.322. The Kier molecular flexibility index (Phi) is 7.60. The van der Waals surface area contributed by atoms with Crippen LogP contribution in [0.4, 0.5) is 18.9 Å². The first-order valence-corrected chi connectivity index (χ1v) is 11.9. The minimum absolute atomic E-state index is 0.0502. The second kappa shape index (κ2) is 10.8. The zero-order chi connectivity index (χ0) is 24.8. The van der Waals surface area contributed by atoms with Crippen molar-refractivity contribution in [3.63, 3.8) is 0 Å². The van der Waals surface area contributed by atoms with Crippen LogP contribution in [0.1, 0.15) is 22.6 Å². The van der Waals surface area contributed by atoms with Crippen LogP contribution in [-0.2, 0) is 37.4 Å². The number of carbonyl (C=O) groups excluding carboxylic acids is 1. The van der Waals surface area contributed by atoms with E-state index in [4.69, 9.17) is 0 Å². The fourth-order valence-corrected chi connectivity index (χ4v) is 4.36. The fourth-order valence-electron chi connectivity index (χ4n) is 3.58. The number of anilines is 1. The molecule has 0 unspecified atom stereocenters. The molecule has 0 atom stereocenters. The van der Waals surface area contributed by atoms with Gasteiger partial charge in [0.05, 0.1) is 11.3 Å². The first-order chi connectivity index (χ1) is 16.8. The van der Waals surface area contributed by atoms with Crippen molar-refractivity contribution in [2.45, 2.75) is 30.7 Å². The third-order valence-electron chi connectivity index (χ3n) is 5.48. The maximum absolute atomic E-state index is 12.7. The van der Waals surface area contributed by atoms with Crippen molar-refractivity contribution in [2.24, 2.45) is 7.05 Å². The van der Waals surface area contributed by atoms with Gasteiger partial charge in [-0.1, -0.05) is 42.1 Å². The Hall–Kier alpha value is -3.53. The Morgan fingerprint density at radius 3 is 2.40 bits per heavy atom. The first-order valence-electron chi connectivity index (χ1n) is 11.0. The summed E-state index contributed by atoms with van der Waals surface area (Å²) in [5.41, 5.74) is 1.82. The number of amides is 1. The summed E-state index contributed by atoms with van der Waals surface area (Å²) >= 11 is 1.25. The van der Waals surface area contributed by atoms with E-state index in [1.54, 1.807) is 0 Å². The zero-order valence-corrected chi connectivity index (χ0v) is 19.8. The van der Waals surface area contributed by atoms with Crippen LogP contribution in [0.2, 0.25) is 0 Å². The highest BCUT2D eigenvalue weighted by molar-refractivity contribution is 7.99. The van der Waals surface area contributed by atoms with Gasteiger partial charge in [-0.3, -0.25) is 4.79 Å². The van der Waals surface area contributed by atoms with E-state index < -0.39 is 11.7 Å². The number of nitrogens with one attached hydrogen (secondary N) is 1. The van der Waals surface area contributed by atoms with Gasteiger partial charge < -0.3 is 14.5 Å². The predicted molar refractivity (Wildman–Crippen MR) is 129 cm³/mol. The lowest BCUT2D eigenvalue weighted by atomic mass is 10.1. The van der Waals surface area contributed by atoms with Gasteiger partial charge in [-0.15, -0.1) is 10.2 Å². The van der Waals surface area contributed by atoms with Gasteiger partial charge in [0.15, 0.2) is 5.16 Å². The number of rotatable bonds is 9. The molecule has 2 aromatic heterocycles. The number of hydrogen-bond donors (Lipinski definition) is 1. The standard InChI is InChI=1S/C25H24F3N5OS/c1-32-14-5-8-21(32)16-22-30-31-24(33(22)15-13-18-6-3-2-4-7-18)35-17-23(34)29-20-11-9-19(10-12-20)25(26,27)28/h2-12,14H,13,15-17H2,1H3,(H,29,34). The fraction of sp³-hybridized carbons (Fsp3) is 0.240. The van der Waals surface area contributed by atoms with Gasteiger partial charge in [-0.25, -0.2) is 0 Å². The average molecular weight is 500 g/mol. The lowest BCUT2D eigenvalue weighted by Crippen LogP contribution is -2.15. The summed E-state index contributed by atoms with van der Waals surface area (Å²) in [5, 5.41) is 11.9. The van der Waals surface area contributed by atoms with Crippen LogP contribution < -0.4 is 5.32 Å². The molecular formula is C25H24F3N5OS. The number of benzene rings is 2. The van der Waals surface area contributed by atoms with E-state index in [1.807, 2.05) is 52.7 Å². The third-order valence-corrected chi connectivity index (χ3v) is 6.45. The lowest BCUT2D eigenvalue weighted by Gasteiger charge is -2.11. The van der Waals surface area contributed by atoms with Gasteiger partial charge >= 0.3 is 6.18 Å². The molecule has 0 aliphatic rings. The largest absolute Gasteiger partial charge is 0.416 e. The van der Waals surface area contributed by atoms with Crippen LogP contribution in [0.25, 0.3) is 0 Å². The summed E-state index contributed by atoms with van der Waals surface area (Å²) in [7, 11) is 1.97. The van der Waals surface area contributed by atoms with Crippen molar-refractivity contribution in [3.05, 3.63) is 95.6 Å². The van der Waals surface area contributed by atoms with Crippen LogP contribution in [0, 0.1) is 0 Å². The van der Waals surface area contributed by atoms with E-state index in [2.05, 4.69) is 27.6 Å². The normalized spacial score (nSPS) is 11.5. The molecule has 1 N–H and O–H groups in total. The Balaban J connectivity index is 1.43. The number of thioether (sulfide) groups is 1. The van der Waals surface area contributed by atoms with Crippen LogP contribution in [0.15, 0.2) is 78.1 Å². The Labute approximate surface area is 205 Å². The number of hydrogen-bond acceptors (Lipinski definition) is 4. The SMILES string of the molecule is Cn1cccc1Cc1nnc(SCC(=O)Nc2ccc(C(F)(F)F)cc2)n1CCc1ccccc1. The molecule has 0 saturated carbocycles. The molecule has 0 fully saturated rings. The minimum Gasteiger partial charge on any atom is -0.354 e. The van der Waals surface area contributed by atoms with Crippen LogP contribution >= 0.6 is 11.8 Å². The minimum atomic E-state index is -4.42. The Bertz CT molecular complexity index is 1270. The molecule has 182 valence electrons. The molecule has 4 aromatic rings. The topological polar surface area (TPSA) is 64.7 Å². The monoisotopic (exact) mass is 499 g/mol. The highest BCUT2D eigenvalue weighted by Gasteiger charge is 2.30. The van der Waals surface area contributed by atoms with Crippen molar-refractivity contribution < 1.29 is 18.0 Å². The van der Waals surface area contributed by atoms with Crippen molar-refractivity contribution >= 4 is 23.4 Å². The summed E-state index contributed by atoms with van der Waals surface area (Å²) < 4.78 is 42.3. The van der Waals surface area contributed by atoms with Crippen molar-refractivity contribution in [1.82, 2.24) is 19.3 Å². The smallest absolute Gasteiger partial charge is 0.354 e. The van der Waals surface area contributed by atoms with E-state index in [0.717, 1.165) is 30.1 Å². The van der Waals surface area contributed by atoms with Gasteiger partial charge in [0.25, 0.3) is 0 Å². The molecule has 0 bridgehead atoms. The van der Waals surface area contributed by atoms with E-state index in [-0.39, 0.29) is 11.7 Å². The number of halogens is 3. The van der Waals surface area contributed by atoms with E-state index >= 15 is 0 Å². The number of aromatic nitrogens is 4. The van der Waals surface area contributed by atoms with E-state index in [9.17, 15) is 18.0 Å².